The summed E-state index contributed by atoms with van der Waals surface area (Å²) in [5.74, 6) is 0. The Morgan fingerprint density at radius 2 is 2.33 bits per heavy atom. The topological polar surface area (TPSA) is 17.3 Å². The molecule has 0 N–H and O–H groups in total. The van der Waals surface area contributed by atoms with Gasteiger partial charge in [-0.3, -0.25) is 0 Å². The van der Waals surface area contributed by atoms with Crippen LogP contribution in [0.1, 0.15) is 12.6 Å². The van der Waals surface area contributed by atoms with E-state index in [1.165, 1.54) is 0 Å². The number of hydrogen-bond donors (Lipinski definition) is 0. The predicted molar refractivity (Wildman–Crippen MR) is 49.9 cm³/mol. The maximum absolute atomic E-state index is 4.33. The third-order valence-electron chi connectivity index (χ3n) is 1.81. The lowest BCUT2D eigenvalue weighted by molar-refractivity contribution is 0.950. The first-order chi connectivity index (χ1) is 5.77. The number of aromatic nitrogens is 2. The molecule has 0 aliphatic heterocycles. The van der Waals surface area contributed by atoms with Gasteiger partial charge >= 0.3 is 0 Å². The smallest absolute Gasteiger partial charge is 0.0884 e. The molecule has 2 aromatic rings. The van der Waals surface area contributed by atoms with Crippen molar-refractivity contribution in [3.63, 3.8) is 0 Å². The number of pyridine rings is 1. The molecule has 0 atom stereocenters. The molecule has 2 aromatic heterocycles. The van der Waals surface area contributed by atoms with E-state index in [1.54, 1.807) is 0 Å². The minimum absolute atomic E-state index is 0.959. The number of hydrogen-bond acceptors (Lipinski definition) is 1. The van der Waals surface area contributed by atoms with Gasteiger partial charge in [0.1, 0.15) is 0 Å². The second kappa shape index (κ2) is 2.48. The summed E-state index contributed by atoms with van der Waals surface area (Å²) in [6, 6.07) is 8.02. The summed E-state index contributed by atoms with van der Waals surface area (Å²) in [5.41, 5.74) is 3.07. The van der Waals surface area contributed by atoms with Crippen LogP contribution in [0.25, 0.3) is 11.1 Å². The second-order valence-corrected chi connectivity index (χ2v) is 2.88. The summed E-state index contributed by atoms with van der Waals surface area (Å²) in [4.78, 5) is 0. The SMILES string of the molecule is C=C(C)c1cc2ccccn2n1. The molecule has 2 nitrogen and oxygen atoms in total. The lowest BCUT2D eigenvalue weighted by Gasteiger charge is -1.88. The average Bonchev–Trinajstić information content (AvgIpc) is 2.46. The first-order valence-corrected chi connectivity index (χ1v) is 3.87. The van der Waals surface area contributed by atoms with Gasteiger partial charge < -0.3 is 0 Å². The molecule has 0 fully saturated rings. The first kappa shape index (κ1) is 7.10. The molecule has 60 valence electrons. The van der Waals surface area contributed by atoms with Crippen LogP contribution < -0.4 is 0 Å². The molecular formula is C10H10N2. The van der Waals surface area contributed by atoms with Gasteiger partial charge in [-0.25, -0.2) is 4.52 Å². The molecule has 0 aliphatic rings. The number of nitrogens with zero attached hydrogens (tertiary/aromatic N) is 2. The fraction of sp³-hybridized carbons (Fsp3) is 0.100. The number of rotatable bonds is 1. The van der Waals surface area contributed by atoms with Crippen LogP contribution in [0.15, 0.2) is 37.0 Å². The molecule has 0 unspecified atom stereocenters. The zero-order chi connectivity index (χ0) is 8.55. The van der Waals surface area contributed by atoms with Crippen molar-refractivity contribution < 1.29 is 0 Å². The Morgan fingerprint density at radius 1 is 1.50 bits per heavy atom. The Kier molecular flexibility index (Phi) is 1.47. The van der Waals surface area contributed by atoms with Crippen molar-refractivity contribution in [1.82, 2.24) is 9.61 Å². The summed E-state index contributed by atoms with van der Waals surface area (Å²) in [6.07, 6.45) is 1.93. The highest BCUT2D eigenvalue weighted by Gasteiger charge is 1.99. The van der Waals surface area contributed by atoms with Crippen LogP contribution in [-0.4, -0.2) is 9.61 Å². The van der Waals surface area contributed by atoms with E-state index in [4.69, 9.17) is 0 Å². The Bertz CT molecular complexity index is 393. The van der Waals surface area contributed by atoms with Gasteiger partial charge in [-0.15, -0.1) is 0 Å². The van der Waals surface area contributed by atoms with Gasteiger partial charge in [0.25, 0.3) is 0 Å². The van der Waals surface area contributed by atoms with Crippen molar-refractivity contribution in [2.45, 2.75) is 6.92 Å². The molecule has 0 radical (unpaired) electrons. The van der Waals surface area contributed by atoms with Crippen molar-refractivity contribution in [3.8, 4) is 0 Å². The first-order valence-electron chi connectivity index (χ1n) is 3.87. The Balaban J connectivity index is 2.70. The second-order valence-electron chi connectivity index (χ2n) is 2.88. The molecule has 0 aromatic carbocycles. The Morgan fingerprint density at radius 3 is 3.00 bits per heavy atom. The van der Waals surface area contributed by atoms with Crippen LogP contribution in [0.4, 0.5) is 0 Å². The lowest BCUT2D eigenvalue weighted by atomic mass is 10.2. The van der Waals surface area contributed by atoms with Crippen LogP contribution in [0.5, 0.6) is 0 Å². The molecule has 0 bridgehead atoms. The summed E-state index contributed by atoms with van der Waals surface area (Å²) >= 11 is 0. The maximum atomic E-state index is 4.33. The summed E-state index contributed by atoms with van der Waals surface area (Å²) in [6.45, 7) is 5.80. The zero-order valence-electron chi connectivity index (χ0n) is 6.99. The molecule has 0 aliphatic carbocycles. The van der Waals surface area contributed by atoms with Gasteiger partial charge in [-0.05, 0) is 30.7 Å². The van der Waals surface area contributed by atoms with Gasteiger partial charge in [0.2, 0.25) is 0 Å². The summed E-state index contributed by atoms with van der Waals surface area (Å²) in [5, 5.41) is 4.33. The highest BCUT2D eigenvalue weighted by Crippen LogP contribution is 2.12. The van der Waals surface area contributed by atoms with Crippen LogP contribution in [0.3, 0.4) is 0 Å². The molecule has 2 rings (SSSR count). The predicted octanol–water partition coefficient (Wildman–Crippen LogP) is 2.37. The van der Waals surface area contributed by atoms with E-state index in [-0.39, 0.29) is 0 Å². The number of fused-ring (bicyclic) bond motifs is 1. The molecule has 0 amide bonds. The van der Waals surface area contributed by atoms with Crippen molar-refractivity contribution in [1.29, 1.82) is 0 Å². The van der Waals surface area contributed by atoms with E-state index in [1.807, 2.05) is 41.9 Å². The molecule has 2 heterocycles. The molecule has 0 spiro atoms. The van der Waals surface area contributed by atoms with Crippen LogP contribution in [0, 0.1) is 0 Å². The van der Waals surface area contributed by atoms with Crippen molar-refractivity contribution in [2.24, 2.45) is 0 Å². The van der Waals surface area contributed by atoms with E-state index in [9.17, 15) is 0 Å². The number of allylic oxidation sites excluding steroid dienone is 1. The monoisotopic (exact) mass is 158 g/mol. The van der Waals surface area contributed by atoms with E-state index in [0.717, 1.165) is 16.8 Å². The van der Waals surface area contributed by atoms with Crippen LogP contribution in [0.2, 0.25) is 0 Å². The zero-order valence-corrected chi connectivity index (χ0v) is 6.99. The quantitative estimate of drug-likeness (QED) is 0.622. The third-order valence-corrected chi connectivity index (χ3v) is 1.81. The highest BCUT2D eigenvalue weighted by molar-refractivity contribution is 5.63. The van der Waals surface area contributed by atoms with Gasteiger partial charge in [-0.2, -0.15) is 5.10 Å². The largest absolute Gasteiger partial charge is 0.240 e. The molecule has 12 heavy (non-hydrogen) atoms. The van der Waals surface area contributed by atoms with Gasteiger partial charge in [0.05, 0.1) is 11.2 Å². The standard InChI is InChI=1S/C10H10N2/c1-8(2)10-7-9-5-3-4-6-12(9)11-10/h3-7H,1H2,2H3. The molecule has 0 saturated heterocycles. The maximum Gasteiger partial charge on any atom is 0.0884 e. The lowest BCUT2D eigenvalue weighted by Crippen LogP contribution is -1.85. The Labute approximate surface area is 71.1 Å². The van der Waals surface area contributed by atoms with Gasteiger partial charge in [0.15, 0.2) is 0 Å². The van der Waals surface area contributed by atoms with Gasteiger partial charge in [-0.1, -0.05) is 12.6 Å². The highest BCUT2D eigenvalue weighted by atomic mass is 15.2. The van der Waals surface area contributed by atoms with Crippen LogP contribution in [-0.2, 0) is 0 Å². The average molecular weight is 158 g/mol. The summed E-state index contributed by atoms with van der Waals surface area (Å²) < 4.78 is 1.85. The molecule has 0 saturated carbocycles. The summed E-state index contributed by atoms with van der Waals surface area (Å²) in [7, 11) is 0. The Hall–Kier alpha value is -1.57. The van der Waals surface area contributed by atoms with E-state index in [0.29, 0.717) is 0 Å². The minimum Gasteiger partial charge on any atom is -0.240 e. The van der Waals surface area contributed by atoms with E-state index in [2.05, 4.69) is 11.7 Å². The normalized spacial score (nSPS) is 10.4. The fourth-order valence-corrected chi connectivity index (χ4v) is 1.15. The minimum atomic E-state index is 0.959. The van der Waals surface area contributed by atoms with Crippen molar-refractivity contribution >= 4 is 11.1 Å². The van der Waals surface area contributed by atoms with Crippen molar-refractivity contribution in [2.75, 3.05) is 0 Å². The molecule has 2 heteroatoms. The van der Waals surface area contributed by atoms with Crippen molar-refractivity contribution in [3.05, 3.63) is 42.7 Å². The van der Waals surface area contributed by atoms with Crippen LogP contribution >= 0.6 is 0 Å². The molecular weight excluding hydrogens is 148 g/mol. The van der Waals surface area contributed by atoms with E-state index >= 15 is 0 Å². The van der Waals surface area contributed by atoms with E-state index < -0.39 is 0 Å². The fourth-order valence-electron chi connectivity index (χ4n) is 1.15. The third kappa shape index (κ3) is 1.01. The van der Waals surface area contributed by atoms with Gasteiger partial charge in [0, 0.05) is 6.20 Å².